The Morgan fingerprint density at radius 3 is 2.36 bits per heavy atom. The highest BCUT2D eigenvalue weighted by molar-refractivity contribution is 9.13. The van der Waals surface area contributed by atoms with Crippen molar-refractivity contribution in [1.82, 2.24) is 4.98 Å². The maximum atomic E-state index is 4.33. The second kappa shape index (κ2) is 4.24. The highest BCUT2D eigenvalue weighted by atomic mass is 79.9. The molecular weight excluding hydrogens is 306 g/mol. The lowest BCUT2D eigenvalue weighted by molar-refractivity contribution is 1.29. The number of rotatable bonds is 1. The van der Waals surface area contributed by atoms with E-state index in [9.17, 15) is 0 Å². The number of halogens is 2. The molecular formula is C11H7Br2N. The van der Waals surface area contributed by atoms with Crippen molar-refractivity contribution in [2.24, 2.45) is 0 Å². The van der Waals surface area contributed by atoms with Gasteiger partial charge in [0.05, 0.1) is 10.2 Å². The lowest BCUT2D eigenvalue weighted by Crippen LogP contribution is -1.84. The van der Waals surface area contributed by atoms with Crippen LogP contribution in [-0.4, -0.2) is 4.98 Å². The maximum absolute atomic E-state index is 4.33. The standard InChI is InChI=1S/C11H7Br2N/c12-9-6-7-14-11(10(9)13)8-4-2-1-3-5-8/h1-7H. The molecule has 0 aliphatic carbocycles. The van der Waals surface area contributed by atoms with E-state index in [1.54, 1.807) is 6.20 Å². The van der Waals surface area contributed by atoms with E-state index < -0.39 is 0 Å². The summed E-state index contributed by atoms with van der Waals surface area (Å²) in [6.45, 7) is 0. The minimum atomic E-state index is 0.958. The van der Waals surface area contributed by atoms with Crippen LogP contribution in [0.5, 0.6) is 0 Å². The zero-order valence-corrected chi connectivity index (χ0v) is 10.4. The molecule has 1 aromatic carbocycles. The van der Waals surface area contributed by atoms with Crippen molar-refractivity contribution in [1.29, 1.82) is 0 Å². The summed E-state index contributed by atoms with van der Waals surface area (Å²) in [6.07, 6.45) is 1.79. The first-order chi connectivity index (χ1) is 6.79. The van der Waals surface area contributed by atoms with Crippen LogP contribution in [0.3, 0.4) is 0 Å². The van der Waals surface area contributed by atoms with Crippen molar-refractivity contribution < 1.29 is 0 Å². The minimum absolute atomic E-state index is 0.958. The first kappa shape index (κ1) is 9.87. The van der Waals surface area contributed by atoms with Gasteiger partial charge in [0.15, 0.2) is 0 Å². The molecule has 70 valence electrons. The molecule has 2 rings (SSSR count). The highest BCUT2D eigenvalue weighted by Gasteiger charge is 2.06. The van der Waals surface area contributed by atoms with E-state index >= 15 is 0 Å². The average Bonchev–Trinajstić information content (AvgIpc) is 2.23. The van der Waals surface area contributed by atoms with Gasteiger partial charge in [-0.3, -0.25) is 4.98 Å². The number of pyridine rings is 1. The molecule has 0 unspecified atom stereocenters. The Labute approximate surface area is 99.4 Å². The van der Waals surface area contributed by atoms with E-state index in [0.29, 0.717) is 0 Å². The van der Waals surface area contributed by atoms with E-state index in [4.69, 9.17) is 0 Å². The smallest absolute Gasteiger partial charge is 0.0855 e. The molecule has 0 saturated heterocycles. The van der Waals surface area contributed by atoms with Crippen LogP contribution in [0.25, 0.3) is 11.3 Å². The molecule has 0 aliphatic rings. The van der Waals surface area contributed by atoms with Gasteiger partial charge in [-0.15, -0.1) is 0 Å². The Balaban J connectivity index is 2.58. The molecule has 0 atom stereocenters. The van der Waals surface area contributed by atoms with E-state index in [1.807, 2.05) is 36.4 Å². The van der Waals surface area contributed by atoms with Crippen LogP contribution in [-0.2, 0) is 0 Å². The fraction of sp³-hybridized carbons (Fsp3) is 0. The molecule has 1 aromatic heterocycles. The van der Waals surface area contributed by atoms with Crippen molar-refractivity contribution in [2.75, 3.05) is 0 Å². The predicted octanol–water partition coefficient (Wildman–Crippen LogP) is 4.27. The van der Waals surface area contributed by atoms with Gasteiger partial charge in [0, 0.05) is 16.2 Å². The third-order valence-electron chi connectivity index (χ3n) is 1.89. The zero-order chi connectivity index (χ0) is 9.97. The summed E-state index contributed by atoms with van der Waals surface area (Å²) in [5.41, 5.74) is 2.07. The monoisotopic (exact) mass is 311 g/mol. The second-order valence-corrected chi connectivity index (χ2v) is 4.47. The van der Waals surface area contributed by atoms with Crippen LogP contribution in [0.4, 0.5) is 0 Å². The summed E-state index contributed by atoms with van der Waals surface area (Å²) in [7, 11) is 0. The van der Waals surface area contributed by atoms with E-state index in [2.05, 4.69) is 36.8 Å². The number of hydrogen-bond acceptors (Lipinski definition) is 1. The molecule has 1 heterocycles. The van der Waals surface area contributed by atoms with Crippen LogP contribution < -0.4 is 0 Å². The van der Waals surface area contributed by atoms with Gasteiger partial charge in [-0.1, -0.05) is 30.3 Å². The molecule has 0 bridgehead atoms. The Kier molecular flexibility index (Phi) is 2.99. The Bertz CT molecular complexity index is 440. The summed E-state index contributed by atoms with van der Waals surface area (Å²) in [5, 5.41) is 0. The van der Waals surface area contributed by atoms with Crippen LogP contribution in [0.1, 0.15) is 0 Å². The third kappa shape index (κ3) is 1.88. The average molecular weight is 313 g/mol. The lowest BCUT2D eigenvalue weighted by Gasteiger charge is -2.04. The SMILES string of the molecule is Brc1ccnc(-c2ccccc2)c1Br. The molecule has 14 heavy (non-hydrogen) atoms. The predicted molar refractivity (Wildman–Crippen MR) is 65.1 cm³/mol. The van der Waals surface area contributed by atoms with Gasteiger partial charge in [-0.25, -0.2) is 0 Å². The van der Waals surface area contributed by atoms with Gasteiger partial charge in [-0.05, 0) is 37.9 Å². The van der Waals surface area contributed by atoms with E-state index in [1.165, 1.54) is 0 Å². The van der Waals surface area contributed by atoms with Gasteiger partial charge in [0.1, 0.15) is 0 Å². The quantitative estimate of drug-likeness (QED) is 0.766. The summed E-state index contributed by atoms with van der Waals surface area (Å²) in [4.78, 5) is 4.33. The second-order valence-electron chi connectivity index (χ2n) is 2.82. The van der Waals surface area contributed by atoms with Gasteiger partial charge in [-0.2, -0.15) is 0 Å². The fourth-order valence-electron chi connectivity index (χ4n) is 1.22. The molecule has 0 N–H and O–H groups in total. The van der Waals surface area contributed by atoms with Crippen LogP contribution >= 0.6 is 31.9 Å². The zero-order valence-electron chi connectivity index (χ0n) is 7.24. The number of nitrogens with zero attached hydrogens (tertiary/aromatic N) is 1. The normalized spacial score (nSPS) is 10.1. The topological polar surface area (TPSA) is 12.9 Å². The van der Waals surface area contributed by atoms with Crippen LogP contribution in [0.2, 0.25) is 0 Å². The lowest BCUT2D eigenvalue weighted by atomic mass is 10.1. The summed E-state index contributed by atoms with van der Waals surface area (Å²) in [5.74, 6) is 0. The molecule has 2 aromatic rings. The Morgan fingerprint density at radius 1 is 0.929 bits per heavy atom. The number of hydrogen-bond donors (Lipinski definition) is 0. The maximum Gasteiger partial charge on any atom is 0.0855 e. The fourth-order valence-corrected chi connectivity index (χ4v) is 1.99. The number of aromatic nitrogens is 1. The molecule has 0 saturated carbocycles. The van der Waals surface area contributed by atoms with Crippen molar-refractivity contribution in [3.05, 3.63) is 51.5 Å². The summed E-state index contributed by atoms with van der Waals surface area (Å²) >= 11 is 6.96. The molecule has 1 nitrogen and oxygen atoms in total. The molecule has 0 spiro atoms. The van der Waals surface area contributed by atoms with E-state index in [0.717, 1.165) is 20.2 Å². The van der Waals surface area contributed by atoms with Gasteiger partial charge < -0.3 is 0 Å². The van der Waals surface area contributed by atoms with Crippen molar-refractivity contribution in [2.45, 2.75) is 0 Å². The molecule has 0 radical (unpaired) electrons. The summed E-state index contributed by atoms with van der Waals surface area (Å²) in [6, 6.07) is 12.0. The minimum Gasteiger partial charge on any atom is -0.255 e. The number of benzene rings is 1. The van der Waals surface area contributed by atoms with Crippen molar-refractivity contribution >= 4 is 31.9 Å². The first-order valence-corrected chi connectivity index (χ1v) is 5.73. The largest absolute Gasteiger partial charge is 0.255 e. The third-order valence-corrected chi connectivity index (χ3v) is 3.88. The van der Waals surface area contributed by atoms with Crippen LogP contribution in [0, 0.1) is 0 Å². The highest BCUT2D eigenvalue weighted by Crippen LogP contribution is 2.31. The van der Waals surface area contributed by atoms with Gasteiger partial charge >= 0.3 is 0 Å². The molecule has 0 fully saturated rings. The molecule has 0 aliphatic heterocycles. The summed E-state index contributed by atoms with van der Waals surface area (Å²) < 4.78 is 2.01. The van der Waals surface area contributed by atoms with Crippen LogP contribution in [0.15, 0.2) is 51.5 Å². The van der Waals surface area contributed by atoms with Gasteiger partial charge in [0.25, 0.3) is 0 Å². The van der Waals surface area contributed by atoms with E-state index in [-0.39, 0.29) is 0 Å². The van der Waals surface area contributed by atoms with Crippen molar-refractivity contribution in [3.63, 3.8) is 0 Å². The molecule has 3 heteroatoms. The molecule has 0 amide bonds. The Hall–Kier alpha value is -0.670. The van der Waals surface area contributed by atoms with Crippen molar-refractivity contribution in [3.8, 4) is 11.3 Å². The first-order valence-electron chi connectivity index (χ1n) is 4.14. The Morgan fingerprint density at radius 2 is 1.64 bits per heavy atom. The van der Waals surface area contributed by atoms with Gasteiger partial charge in [0.2, 0.25) is 0 Å².